The van der Waals surface area contributed by atoms with E-state index in [1.54, 1.807) is 6.92 Å². The Labute approximate surface area is 86.1 Å². The maximum atomic E-state index is 9.37. The highest BCUT2D eigenvalue weighted by Gasteiger charge is 2.11. The molecule has 0 aromatic heterocycles. The van der Waals surface area contributed by atoms with Gasteiger partial charge in [0, 0.05) is 13.0 Å². The molecule has 0 aromatic carbocycles. The van der Waals surface area contributed by atoms with Gasteiger partial charge >= 0.3 is 5.97 Å². The topological polar surface area (TPSA) is 57.5 Å². The third kappa shape index (κ3) is 8.05. The lowest BCUT2D eigenvalue weighted by Crippen LogP contribution is -2.07. The van der Waals surface area contributed by atoms with Crippen molar-refractivity contribution in [3.63, 3.8) is 0 Å². The lowest BCUT2D eigenvalue weighted by atomic mass is 9.87. The summed E-state index contributed by atoms with van der Waals surface area (Å²) in [6.45, 7) is 1.99. The molecule has 1 aliphatic carbocycles. The fraction of sp³-hybridized carbons (Fsp3) is 0.909. The molecule has 14 heavy (non-hydrogen) atoms. The van der Waals surface area contributed by atoms with Crippen LogP contribution < -0.4 is 0 Å². The molecular formula is C11H22O3. The summed E-state index contributed by atoms with van der Waals surface area (Å²) in [5, 5.41) is 16.3. The fourth-order valence-electron chi connectivity index (χ4n) is 1.66. The minimum atomic E-state index is -0.745. The van der Waals surface area contributed by atoms with Crippen LogP contribution in [0.15, 0.2) is 0 Å². The van der Waals surface area contributed by atoms with Crippen LogP contribution in [0, 0.1) is 5.92 Å². The van der Waals surface area contributed by atoms with E-state index >= 15 is 0 Å². The molecular weight excluding hydrogens is 180 g/mol. The summed E-state index contributed by atoms with van der Waals surface area (Å²) in [7, 11) is 0. The van der Waals surface area contributed by atoms with Gasteiger partial charge in [-0.15, -0.1) is 0 Å². The number of carbonyl (C=O) groups is 1. The van der Waals surface area contributed by atoms with Gasteiger partial charge in [-0.1, -0.05) is 39.0 Å². The molecule has 0 unspecified atom stereocenters. The largest absolute Gasteiger partial charge is 0.481 e. The number of hydrogen-bond donors (Lipinski definition) is 2. The molecule has 0 heterocycles. The van der Waals surface area contributed by atoms with Crippen LogP contribution in [0.4, 0.5) is 0 Å². The molecule has 1 aliphatic rings. The third-order valence-corrected chi connectivity index (χ3v) is 2.56. The maximum Gasteiger partial charge on any atom is 0.303 e. The standard InChI is InChI=1S/C8H16O.C3H6O2/c9-7-6-8-4-2-1-3-5-8;1-2-3(4)5/h8-9H,1-7H2;2H2,1H3,(H,4,5). The van der Waals surface area contributed by atoms with Crippen molar-refractivity contribution in [2.24, 2.45) is 5.92 Å². The quantitative estimate of drug-likeness (QED) is 0.739. The van der Waals surface area contributed by atoms with Gasteiger partial charge < -0.3 is 10.2 Å². The highest BCUT2D eigenvalue weighted by atomic mass is 16.4. The first-order valence-electron chi connectivity index (χ1n) is 5.53. The highest BCUT2D eigenvalue weighted by molar-refractivity contribution is 5.66. The average molecular weight is 202 g/mol. The number of aliphatic hydroxyl groups is 1. The van der Waals surface area contributed by atoms with Crippen molar-refractivity contribution < 1.29 is 15.0 Å². The summed E-state index contributed by atoms with van der Waals surface area (Å²) in [6.07, 6.45) is 8.19. The summed E-state index contributed by atoms with van der Waals surface area (Å²) in [5.41, 5.74) is 0. The van der Waals surface area contributed by atoms with Crippen LogP contribution in [0.1, 0.15) is 51.9 Å². The first-order valence-corrected chi connectivity index (χ1v) is 5.53. The highest BCUT2D eigenvalue weighted by Crippen LogP contribution is 2.25. The average Bonchev–Trinajstić information content (AvgIpc) is 2.21. The number of aliphatic hydroxyl groups excluding tert-OH is 1. The molecule has 0 bridgehead atoms. The predicted molar refractivity (Wildman–Crippen MR) is 56.2 cm³/mol. The van der Waals surface area contributed by atoms with Crippen LogP contribution in [-0.4, -0.2) is 22.8 Å². The van der Waals surface area contributed by atoms with Crippen molar-refractivity contribution in [3.8, 4) is 0 Å². The minimum Gasteiger partial charge on any atom is -0.481 e. The predicted octanol–water partition coefficient (Wildman–Crippen LogP) is 2.43. The van der Waals surface area contributed by atoms with Crippen LogP contribution >= 0.6 is 0 Å². The molecule has 0 spiro atoms. The van der Waals surface area contributed by atoms with Gasteiger partial charge in [0.15, 0.2) is 0 Å². The van der Waals surface area contributed by atoms with E-state index < -0.39 is 5.97 Å². The van der Waals surface area contributed by atoms with Crippen molar-refractivity contribution >= 4 is 5.97 Å². The van der Waals surface area contributed by atoms with E-state index in [0.717, 1.165) is 12.3 Å². The molecule has 0 aromatic rings. The number of carboxylic acid groups (broad SMARTS) is 1. The van der Waals surface area contributed by atoms with E-state index in [0.29, 0.717) is 6.61 Å². The first kappa shape index (κ1) is 13.4. The molecule has 3 nitrogen and oxygen atoms in total. The van der Waals surface area contributed by atoms with Gasteiger partial charge in [0.2, 0.25) is 0 Å². The molecule has 0 amide bonds. The monoisotopic (exact) mass is 202 g/mol. The Balaban J connectivity index is 0.000000292. The van der Waals surface area contributed by atoms with Crippen LogP contribution in [0.3, 0.4) is 0 Å². The Morgan fingerprint density at radius 1 is 1.29 bits per heavy atom. The van der Waals surface area contributed by atoms with E-state index in [9.17, 15) is 4.79 Å². The van der Waals surface area contributed by atoms with Crippen molar-refractivity contribution in [2.75, 3.05) is 6.61 Å². The molecule has 1 rings (SSSR count). The second-order valence-electron chi connectivity index (χ2n) is 3.76. The number of carboxylic acids is 1. The zero-order valence-electron chi connectivity index (χ0n) is 9.04. The lowest BCUT2D eigenvalue weighted by Gasteiger charge is -2.19. The number of aliphatic carboxylic acids is 1. The van der Waals surface area contributed by atoms with Crippen LogP contribution in [0.25, 0.3) is 0 Å². The Bertz CT molecular complexity index is 137. The zero-order valence-corrected chi connectivity index (χ0v) is 9.04. The smallest absolute Gasteiger partial charge is 0.303 e. The second kappa shape index (κ2) is 9.00. The van der Waals surface area contributed by atoms with Crippen LogP contribution in [-0.2, 0) is 4.79 Å². The van der Waals surface area contributed by atoms with Gasteiger partial charge in [0.1, 0.15) is 0 Å². The van der Waals surface area contributed by atoms with Crippen molar-refractivity contribution in [1.82, 2.24) is 0 Å². The maximum absolute atomic E-state index is 9.37. The van der Waals surface area contributed by atoms with Crippen LogP contribution in [0.2, 0.25) is 0 Å². The van der Waals surface area contributed by atoms with Gasteiger partial charge in [0.25, 0.3) is 0 Å². The SMILES string of the molecule is CCC(=O)O.OCCC1CCCCC1. The first-order chi connectivity index (χ1) is 6.70. The molecule has 1 fully saturated rings. The lowest BCUT2D eigenvalue weighted by molar-refractivity contribution is -0.136. The molecule has 3 heteroatoms. The van der Waals surface area contributed by atoms with Gasteiger partial charge in [-0.3, -0.25) is 4.79 Å². The Hall–Kier alpha value is -0.570. The molecule has 1 saturated carbocycles. The second-order valence-corrected chi connectivity index (χ2v) is 3.76. The van der Waals surface area contributed by atoms with E-state index in [4.69, 9.17) is 10.2 Å². The van der Waals surface area contributed by atoms with Gasteiger partial charge in [-0.25, -0.2) is 0 Å². The van der Waals surface area contributed by atoms with Gasteiger partial charge in [-0.2, -0.15) is 0 Å². The Morgan fingerprint density at radius 3 is 2.14 bits per heavy atom. The molecule has 0 saturated heterocycles. The normalized spacial score (nSPS) is 17.0. The molecule has 0 aliphatic heterocycles. The number of rotatable bonds is 3. The Kier molecular flexibility index (Phi) is 8.64. The molecule has 2 N–H and O–H groups in total. The van der Waals surface area contributed by atoms with E-state index in [2.05, 4.69) is 0 Å². The molecule has 0 radical (unpaired) electrons. The van der Waals surface area contributed by atoms with Gasteiger partial charge in [0.05, 0.1) is 0 Å². The van der Waals surface area contributed by atoms with Gasteiger partial charge in [-0.05, 0) is 12.3 Å². The van der Waals surface area contributed by atoms with Crippen molar-refractivity contribution in [1.29, 1.82) is 0 Å². The van der Waals surface area contributed by atoms with Crippen LogP contribution in [0.5, 0.6) is 0 Å². The van der Waals surface area contributed by atoms with E-state index in [1.807, 2.05) is 0 Å². The van der Waals surface area contributed by atoms with E-state index in [-0.39, 0.29) is 6.42 Å². The summed E-state index contributed by atoms with van der Waals surface area (Å²) in [4.78, 5) is 9.37. The van der Waals surface area contributed by atoms with E-state index in [1.165, 1.54) is 32.1 Å². The van der Waals surface area contributed by atoms with Crippen molar-refractivity contribution in [2.45, 2.75) is 51.9 Å². The molecule has 0 atom stereocenters. The number of hydrogen-bond acceptors (Lipinski definition) is 2. The third-order valence-electron chi connectivity index (χ3n) is 2.56. The Morgan fingerprint density at radius 2 is 1.79 bits per heavy atom. The summed E-state index contributed by atoms with van der Waals surface area (Å²) < 4.78 is 0. The summed E-state index contributed by atoms with van der Waals surface area (Å²) in [5.74, 6) is 0.105. The zero-order chi connectivity index (χ0) is 10.8. The minimum absolute atomic E-state index is 0.222. The summed E-state index contributed by atoms with van der Waals surface area (Å²) >= 11 is 0. The van der Waals surface area contributed by atoms with Crippen molar-refractivity contribution in [3.05, 3.63) is 0 Å². The molecule has 84 valence electrons. The summed E-state index contributed by atoms with van der Waals surface area (Å²) in [6, 6.07) is 0. The fourth-order valence-corrected chi connectivity index (χ4v) is 1.66.